The molecule has 1 aliphatic rings. The molecule has 0 aliphatic carbocycles. The first-order valence-electron chi connectivity index (χ1n) is 6.92. The maximum absolute atomic E-state index is 12.4. The van der Waals surface area contributed by atoms with Crippen molar-refractivity contribution in [3.63, 3.8) is 0 Å². The van der Waals surface area contributed by atoms with E-state index in [1.807, 2.05) is 30.3 Å². The Balaban J connectivity index is 1.95. The fourth-order valence-corrected chi connectivity index (χ4v) is 2.63. The largest absolute Gasteiger partial charge is 0.481 e. The summed E-state index contributed by atoms with van der Waals surface area (Å²) in [5, 5.41) is 13.0. The number of carboxylic acids is 1. The van der Waals surface area contributed by atoms with E-state index in [0.717, 1.165) is 15.7 Å². The zero-order valence-electron chi connectivity index (χ0n) is 11.7. The van der Waals surface area contributed by atoms with Gasteiger partial charge in [0.1, 0.15) is 6.04 Å². The standard InChI is InChI=1S/C16H14N2O4/c19-14(20)9-8-12-15(21)18(16(22)17-12)13-7-3-5-10-4-1-2-6-11(10)13/h1-7,12H,8-9H2,(H,17,22)(H,19,20)/t12-/m0/s1. The molecule has 112 valence electrons. The van der Waals surface area contributed by atoms with Crippen LogP contribution in [-0.2, 0) is 9.59 Å². The molecule has 3 rings (SSSR count). The lowest BCUT2D eigenvalue weighted by molar-refractivity contribution is -0.137. The molecule has 0 bridgehead atoms. The monoisotopic (exact) mass is 298 g/mol. The van der Waals surface area contributed by atoms with Gasteiger partial charge in [-0.25, -0.2) is 9.69 Å². The van der Waals surface area contributed by atoms with Crippen molar-refractivity contribution >= 4 is 34.4 Å². The van der Waals surface area contributed by atoms with Gasteiger partial charge in [-0.3, -0.25) is 9.59 Å². The number of aliphatic carboxylic acids is 1. The van der Waals surface area contributed by atoms with Crippen molar-refractivity contribution in [2.45, 2.75) is 18.9 Å². The second-order valence-electron chi connectivity index (χ2n) is 5.11. The molecule has 6 nitrogen and oxygen atoms in total. The van der Waals surface area contributed by atoms with E-state index in [0.29, 0.717) is 5.69 Å². The molecule has 1 saturated heterocycles. The number of rotatable bonds is 4. The van der Waals surface area contributed by atoms with Gasteiger partial charge in [-0.1, -0.05) is 36.4 Å². The molecule has 6 heteroatoms. The van der Waals surface area contributed by atoms with Crippen molar-refractivity contribution in [1.82, 2.24) is 5.32 Å². The van der Waals surface area contributed by atoms with Crippen molar-refractivity contribution < 1.29 is 19.5 Å². The van der Waals surface area contributed by atoms with Crippen LogP contribution in [0, 0.1) is 0 Å². The number of carboxylic acid groups (broad SMARTS) is 1. The van der Waals surface area contributed by atoms with E-state index in [9.17, 15) is 14.4 Å². The first-order chi connectivity index (χ1) is 10.6. The third kappa shape index (κ3) is 2.39. The molecule has 1 heterocycles. The molecule has 22 heavy (non-hydrogen) atoms. The number of carbonyl (C=O) groups is 3. The quantitative estimate of drug-likeness (QED) is 0.847. The number of nitrogens with zero attached hydrogens (tertiary/aromatic N) is 1. The number of fused-ring (bicyclic) bond motifs is 1. The van der Waals surface area contributed by atoms with Gasteiger partial charge in [0.15, 0.2) is 0 Å². The SMILES string of the molecule is O=C(O)CC[C@@H]1NC(=O)N(c2cccc3ccccc23)C1=O. The summed E-state index contributed by atoms with van der Waals surface area (Å²) in [6.45, 7) is 0. The van der Waals surface area contributed by atoms with Gasteiger partial charge in [-0.05, 0) is 17.9 Å². The Morgan fingerprint density at radius 3 is 2.64 bits per heavy atom. The molecule has 0 saturated carbocycles. The summed E-state index contributed by atoms with van der Waals surface area (Å²) in [6.07, 6.45) is -0.0821. The topological polar surface area (TPSA) is 86.7 Å². The summed E-state index contributed by atoms with van der Waals surface area (Å²) in [5.41, 5.74) is 0.512. The van der Waals surface area contributed by atoms with Crippen molar-refractivity contribution in [2.24, 2.45) is 0 Å². The van der Waals surface area contributed by atoms with Crippen LogP contribution in [0.1, 0.15) is 12.8 Å². The lowest BCUT2D eigenvalue weighted by Crippen LogP contribution is -2.31. The van der Waals surface area contributed by atoms with E-state index in [4.69, 9.17) is 5.11 Å². The number of carbonyl (C=O) groups excluding carboxylic acids is 2. The van der Waals surface area contributed by atoms with E-state index >= 15 is 0 Å². The zero-order valence-corrected chi connectivity index (χ0v) is 11.7. The highest BCUT2D eigenvalue weighted by Crippen LogP contribution is 2.29. The number of hydrogen-bond donors (Lipinski definition) is 2. The van der Waals surface area contributed by atoms with Crippen molar-refractivity contribution in [3.8, 4) is 0 Å². The maximum Gasteiger partial charge on any atom is 0.329 e. The molecule has 0 spiro atoms. The molecule has 1 atom stereocenters. The number of imide groups is 1. The minimum atomic E-state index is -0.995. The van der Waals surface area contributed by atoms with Crippen LogP contribution in [0.2, 0.25) is 0 Å². The van der Waals surface area contributed by atoms with Crippen LogP contribution >= 0.6 is 0 Å². The van der Waals surface area contributed by atoms with Gasteiger partial charge in [0.05, 0.1) is 5.69 Å². The second-order valence-corrected chi connectivity index (χ2v) is 5.11. The lowest BCUT2D eigenvalue weighted by atomic mass is 10.1. The summed E-state index contributed by atoms with van der Waals surface area (Å²) in [4.78, 5) is 36.3. The van der Waals surface area contributed by atoms with Crippen LogP contribution in [-0.4, -0.2) is 29.1 Å². The number of nitrogens with one attached hydrogen (secondary N) is 1. The van der Waals surface area contributed by atoms with Crippen LogP contribution in [0.25, 0.3) is 10.8 Å². The van der Waals surface area contributed by atoms with E-state index in [1.165, 1.54) is 0 Å². The van der Waals surface area contributed by atoms with Crippen molar-refractivity contribution in [2.75, 3.05) is 4.90 Å². The van der Waals surface area contributed by atoms with E-state index in [-0.39, 0.29) is 12.8 Å². The van der Waals surface area contributed by atoms with E-state index in [2.05, 4.69) is 5.32 Å². The Labute approximate surface area is 126 Å². The first-order valence-corrected chi connectivity index (χ1v) is 6.92. The molecule has 0 radical (unpaired) electrons. The maximum atomic E-state index is 12.4. The third-order valence-corrected chi connectivity index (χ3v) is 3.67. The van der Waals surface area contributed by atoms with Gasteiger partial charge >= 0.3 is 12.0 Å². The van der Waals surface area contributed by atoms with E-state index in [1.54, 1.807) is 12.1 Å². The first kappa shape index (κ1) is 14.1. The second kappa shape index (κ2) is 5.48. The highest BCUT2D eigenvalue weighted by Gasteiger charge is 2.39. The Morgan fingerprint density at radius 2 is 1.86 bits per heavy atom. The van der Waals surface area contributed by atoms with Crippen molar-refractivity contribution in [1.29, 1.82) is 0 Å². The Morgan fingerprint density at radius 1 is 1.14 bits per heavy atom. The molecule has 2 aromatic rings. The Hall–Kier alpha value is -2.89. The molecule has 2 N–H and O–H groups in total. The summed E-state index contributed by atoms with van der Waals surface area (Å²) in [5.74, 6) is -1.41. The average molecular weight is 298 g/mol. The normalized spacial score (nSPS) is 17.8. The van der Waals surface area contributed by atoms with E-state index < -0.39 is 23.9 Å². The molecule has 2 aromatic carbocycles. The highest BCUT2D eigenvalue weighted by atomic mass is 16.4. The zero-order chi connectivity index (χ0) is 15.7. The van der Waals surface area contributed by atoms with Gasteiger partial charge < -0.3 is 10.4 Å². The molecule has 0 aromatic heterocycles. The molecule has 3 amide bonds. The van der Waals surface area contributed by atoms with Crippen LogP contribution < -0.4 is 10.2 Å². The molecule has 1 aliphatic heterocycles. The third-order valence-electron chi connectivity index (χ3n) is 3.67. The summed E-state index contributed by atoms with van der Waals surface area (Å²) in [7, 11) is 0. The average Bonchev–Trinajstić information content (AvgIpc) is 2.79. The minimum absolute atomic E-state index is 0.0845. The molecule has 1 fully saturated rings. The van der Waals surface area contributed by atoms with Gasteiger partial charge in [0, 0.05) is 11.8 Å². The van der Waals surface area contributed by atoms with Crippen LogP contribution in [0.3, 0.4) is 0 Å². The van der Waals surface area contributed by atoms with Crippen LogP contribution in [0.15, 0.2) is 42.5 Å². The lowest BCUT2D eigenvalue weighted by Gasteiger charge is -2.15. The summed E-state index contributed by atoms with van der Waals surface area (Å²) < 4.78 is 0. The number of amides is 3. The van der Waals surface area contributed by atoms with Crippen LogP contribution in [0.5, 0.6) is 0 Å². The molecule has 0 unspecified atom stereocenters. The van der Waals surface area contributed by atoms with Gasteiger partial charge in [-0.2, -0.15) is 0 Å². The van der Waals surface area contributed by atoms with Gasteiger partial charge in [-0.15, -0.1) is 0 Å². The van der Waals surface area contributed by atoms with Crippen molar-refractivity contribution in [3.05, 3.63) is 42.5 Å². The summed E-state index contributed by atoms with van der Waals surface area (Å²) in [6, 6.07) is 11.6. The van der Waals surface area contributed by atoms with Crippen LogP contribution in [0.4, 0.5) is 10.5 Å². The highest BCUT2D eigenvalue weighted by molar-refractivity contribution is 6.24. The minimum Gasteiger partial charge on any atom is -0.481 e. The number of benzene rings is 2. The number of anilines is 1. The fraction of sp³-hybridized carbons (Fsp3) is 0.188. The fourth-order valence-electron chi connectivity index (χ4n) is 2.63. The number of urea groups is 1. The Kier molecular flexibility index (Phi) is 3.50. The molecular formula is C16H14N2O4. The van der Waals surface area contributed by atoms with Gasteiger partial charge in [0.2, 0.25) is 0 Å². The predicted molar refractivity (Wildman–Crippen MR) is 80.6 cm³/mol. The smallest absolute Gasteiger partial charge is 0.329 e. The van der Waals surface area contributed by atoms with Gasteiger partial charge in [0.25, 0.3) is 5.91 Å². The Bertz CT molecular complexity index is 766. The number of hydrogen-bond acceptors (Lipinski definition) is 3. The summed E-state index contributed by atoms with van der Waals surface area (Å²) >= 11 is 0. The predicted octanol–water partition coefficient (Wildman–Crippen LogP) is 2.13. The molecular weight excluding hydrogens is 284 g/mol.